The summed E-state index contributed by atoms with van der Waals surface area (Å²) in [6.45, 7) is 2.02. The number of allylic oxidation sites excluding steroid dienone is 3. The molecule has 2 N–H and O–H groups in total. The second-order valence-electron chi connectivity index (χ2n) is 4.13. The van der Waals surface area contributed by atoms with Crippen molar-refractivity contribution in [3.8, 4) is 0 Å². The lowest BCUT2D eigenvalue weighted by atomic mass is 10.2. The minimum atomic E-state index is 0.523. The van der Waals surface area contributed by atoms with E-state index in [-0.39, 0.29) is 0 Å². The average molecular weight is 214 g/mol. The van der Waals surface area contributed by atoms with Gasteiger partial charge in [-0.3, -0.25) is 4.98 Å². The monoisotopic (exact) mass is 214 g/mol. The summed E-state index contributed by atoms with van der Waals surface area (Å²) in [5, 5.41) is 0. The summed E-state index contributed by atoms with van der Waals surface area (Å²) in [6, 6.07) is 0. The molecule has 0 fully saturated rings. The first-order chi connectivity index (χ1) is 7.83. The third-order valence-electron chi connectivity index (χ3n) is 3.09. The van der Waals surface area contributed by atoms with Gasteiger partial charge in [0.1, 0.15) is 5.82 Å². The largest absolute Gasteiger partial charge is 0.382 e. The predicted octanol–water partition coefficient (Wildman–Crippen LogP) is 0.913. The maximum Gasteiger partial charge on any atom is 0.142 e. The van der Waals surface area contributed by atoms with Crippen LogP contribution in [0.4, 0.5) is 5.82 Å². The number of rotatable bonds is 1. The molecular formula is C12H14N4. The molecule has 16 heavy (non-hydrogen) atoms. The van der Waals surface area contributed by atoms with Gasteiger partial charge in [0.25, 0.3) is 0 Å². The summed E-state index contributed by atoms with van der Waals surface area (Å²) in [5.41, 5.74) is 9.13. The van der Waals surface area contributed by atoms with Gasteiger partial charge in [0, 0.05) is 31.6 Å². The molecule has 4 heteroatoms. The molecule has 0 bridgehead atoms. The fourth-order valence-electron chi connectivity index (χ4n) is 2.12. The van der Waals surface area contributed by atoms with Crippen LogP contribution in [0, 0.1) is 0 Å². The van der Waals surface area contributed by atoms with E-state index in [1.807, 2.05) is 0 Å². The van der Waals surface area contributed by atoms with Crippen molar-refractivity contribution >= 4 is 5.82 Å². The Morgan fingerprint density at radius 1 is 1.19 bits per heavy atom. The first kappa shape index (κ1) is 9.39. The number of hydrogen-bond acceptors (Lipinski definition) is 4. The molecule has 2 aliphatic rings. The molecule has 1 aromatic rings. The zero-order valence-electron chi connectivity index (χ0n) is 9.06. The Morgan fingerprint density at radius 2 is 1.94 bits per heavy atom. The van der Waals surface area contributed by atoms with Gasteiger partial charge in [0.05, 0.1) is 17.6 Å². The van der Waals surface area contributed by atoms with E-state index in [9.17, 15) is 0 Å². The number of nitrogen functional groups attached to an aromatic ring is 1. The van der Waals surface area contributed by atoms with Crippen LogP contribution in [0.25, 0.3) is 0 Å². The summed E-state index contributed by atoms with van der Waals surface area (Å²) in [7, 11) is 0. The minimum Gasteiger partial charge on any atom is -0.382 e. The maximum atomic E-state index is 5.65. The van der Waals surface area contributed by atoms with Crippen molar-refractivity contribution in [3.05, 3.63) is 41.5 Å². The van der Waals surface area contributed by atoms with Gasteiger partial charge in [0.2, 0.25) is 0 Å². The zero-order valence-corrected chi connectivity index (χ0v) is 9.06. The molecule has 0 radical (unpaired) electrons. The van der Waals surface area contributed by atoms with Crippen molar-refractivity contribution < 1.29 is 0 Å². The maximum absolute atomic E-state index is 5.65. The van der Waals surface area contributed by atoms with E-state index in [1.165, 1.54) is 5.70 Å². The summed E-state index contributed by atoms with van der Waals surface area (Å²) in [6.07, 6.45) is 9.89. The lowest BCUT2D eigenvalue weighted by Crippen LogP contribution is -2.26. The summed E-state index contributed by atoms with van der Waals surface area (Å²) >= 11 is 0. The standard InChI is InChI=1S/C12H14N4/c13-12-8-14-10-4-6-16(9-2-1-3-9)7-5-11(10)15-12/h1-3,8H,4-7H2,(H2,13,15). The molecule has 1 aromatic heterocycles. The molecule has 0 unspecified atom stereocenters. The third kappa shape index (κ3) is 1.56. The summed E-state index contributed by atoms with van der Waals surface area (Å²) < 4.78 is 0. The predicted molar refractivity (Wildman–Crippen MR) is 62.6 cm³/mol. The Morgan fingerprint density at radius 3 is 2.62 bits per heavy atom. The molecule has 0 saturated heterocycles. The van der Waals surface area contributed by atoms with Gasteiger partial charge in [-0.25, -0.2) is 4.98 Å². The molecule has 0 atom stereocenters. The minimum absolute atomic E-state index is 0.523. The van der Waals surface area contributed by atoms with Crippen LogP contribution in [0.15, 0.2) is 30.1 Å². The van der Waals surface area contributed by atoms with E-state index in [1.54, 1.807) is 6.20 Å². The fraction of sp³-hybridized carbons (Fsp3) is 0.333. The molecule has 0 spiro atoms. The summed E-state index contributed by atoms with van der Waals surface area (Å²) in [4.78, 5) is 11.1. The number of fused-ring (bicyclic) bond motifs is 1. The van der Waals surface area contributed by atoms with Crippen molar-refractivity contribution in [1.29, 1.82) is 0 Å². The first-order valence-electron chi connectivity index (χ1n) is 5.56. The van der Waals surface area contributed by atoms with Crippen LogP contribution in [0.5, 0.6) is 0 Å². The highest BCUT2D eigenvalue weighted by atomic mass is 15.1. The smallest absolute Gasteiger partial charge is 0.142 e. The zero-order chi connectivity index (χ0) is 11.0. The molecule has 3 rings (SSSR count). The Hall–Kier alpha value is -1.84. The molecule has 0 amide bonds. The fourth-order valence-corrected chi connectivity index (χ4v) is 2.12. The number of nitrogens with two attached hydrogens (primary N) is 1. The molecule has 0 aromatic carbocycles. The van der Waals surface area contributed by atoms with Crippen LogP contribution in [-0.2, 0) is 12.8 Å². The second-order valence-corrected chi connectivity index (χ2v) is 4.13. The van der Waals surface area contributed by atoms with E-state index >= 15 is 0 Å². The second kappa shape index (κ2) is 3.63. The first-order valence-corrected chi connectivity index (χ1v) is 5.56. The number of anilines is 1. The van der Waals surface area contributed by atoms with Crippen molar-refractivity contribution in [3.63, 3.8) is 0 Å². The lowest BCUT2D eigenvalue weighted by molar-refractivity contribution is 0.368. The van der Waals surface area contributed by atoms with Crippen molar-refractivity contribution in [2.75, 3.05) is 18.8 Å². The molecule has 4 nitrogen and oxygen atoms in total. The van der Waals surface area contributed by atoms with Crippen molar-refractivity contribution in [1.82, 2.24) is 14.9 Å². The number of hydrogen-bond donors (Lipinski definition) is 1. The number of aromatic nitrogens is 2. The van der Waals surface area contributed by atoms with Crippen LogP contribution in [0.3, 0.4) is 0 Å². The highest BCUT2D eigenvalue weighted by molar-refractivity contribution is 5.35. The topological polar surface area (TPSA) is 55.0 Å². The van der Waals surface area contributed by atoms with Crippen molar-refractivity contribution in [2.45, 2.75) is 12.8 Å². The van der Waals surface area contributed by atoms with E-state index in [0.717, 1.165) is 37.3 Å². The van der Waals surface area contributed by atoms with Gasteiger partial charge < -0.3 is 10.6 Å². The highest BCUT2D eigenvalue weighted by Gasteiger charge is 2.17. The Labute approximate surface area is 94.5 Å². The van der Waals surface area contributed by atoms with E-state index < -0.39 is 0 Å². The SMILES string of the molecule is Nc1cnc2c(n1)CCN(C1=CC=C1)CC2. The van der Waals surface area contributed by atoms with Gasteiger partial charge in [-0.15, -0.1) is 0 Å². The van der Waals surface area contributed by atoms with Gasteiger partial charge in [-0.05, 0) is 12.2 Å². The molecular weight excluding hydrogens is 200 g/mol. The van der Waals surface area contributed by atoms with Gasteiger partial charge in [-0.1, -0.05) is 6.08 Å². The van der Waals surface area contributed by atoms with Crippen molar-refractivity contribution in [2.24, 2.45) is 0 Å². The van der Waals surface area contributed by atoms with Crippen LogP contribution >= 0.6 is 0 Å². The molecule has 1 aliphatic heterocycles. The van der Waals surface area contributed by atoms with Gasteiger partial charge in [-0.2, -0.15) is 0 Å². The Kier molecular flexibility index (Phi) is 2.13. The Balaban J connectivity index is 1.81. The molecule has 0 saturated carbocycles. The van der Waals surface area contributed by atoms with E-state index in [4.69, 9.17) is 5.73 Å². The Bertz CT molecular complexity index is 476. The van der Waals surface area contributed by atoms with Crippen LogP contribution in [-0.4, -0.2) is 28.0 Å². The van der Waals surface area contributed by atoms with Crippen LogP contribution in [0.1, 0.15) is 11.4 Å². The quantitative estimate of drug-likeness (QED) is 0.755. The third-order valence-corrected chi connectivity index (χ3v) is 3.09. The normalized spacial score (nSPS) is 18.5. The van der Waals surface area contributed by atoms with Crippen LogP contribution in [0.2, 0.25) is 0 Å². The number of nitrogens with zero attached hydrogens (tertiary/aromatic N) is 3. The van der Waals surface area contributed by atoms with Gasteiger partial charge >= 0.3 is 0 Å². The lowest BCUT2D eigenvalue weighted by Gasteiger charge is -2.25. The van der Waals surface area contributed by atoms with Crippen LogP contribution < -0.4 is 5.73 Å². The molecule has 1 aliphatic carbocycles. The van der Waals surface area contributed by atoms with E-state index in [2.05, 4.69) is 33.1 Å². The average Bonchev–Trinajstić information content (AvgIpc) is 2.39. The van der Waals surface area contributed by atoms with E-state index in [0.29, 0.717) is 5.82 Å². The van der Waals surface area contributed by atoms with Gasteiger partial charge in [0.15, 0.2) is 0 Å². The summed E-state index contributed by atoms with van der Waals surface area (Å²) in [5.74, 6) is 0.523. The molecule has 82 valence electrons. The highest BCUT2D eigenvalue weighted by Crippen LogP contribution is 2.19. The molecule has 2 heterocycles.